The molecule has 106 valence electrons. The molecule has 3 atom stereocenters. The van der Waals surface area contributed by atoms with Crippen LogP contribution in [0.3, 0.4) is 0 Å². The summed E-state index contributed by atoms with van der Waals surface area (Å²) in [4.78, 5) is 11.2. The van der Waals surface area contributed by atoms with E-state index in [1.165, 1.54) is 6.42 Å². The van der Waals surface area contributed by atoms with Crippen LogP contribution in [0, 0.1) is 10.8 Å². The molecule has 3 heteroatoms. The van der Waals surface area contributed by atoms with Gasteiger partial charge in [-0.05, 0) is 49.9 Å². The van der Waals surface area contributed by atoms with Crippen LogP contribution in [0.2, 0.25) is 0 Å². The van der Waals surface area contributed by atoms with Crippen LogP contribution in [0.1, 0.15) is 66.7 Å². The first-order valence-electron chi connectivity index (χ1n) is 7.07. The number of hydrogen-bond acceptors (Lipinski definition) is 2. The van der Waals surface area contributed by atoms with E-state index >= 15 is 0 Å². The smallest absolute Gasteiger partial charge is 0.217 e. The number of carbonyl (C=O) groups is 1. The average Bonchev–Trinajstić information content (AvgIpc) is 2.10. The number of amides is 1. The molecule has 0 saturated heterocycles. The highest BCUT2D eigenvalue weighted by atomic mass is 16.3. The summed E-state index contributed by atoms with van der Waals surface area (Å²) in [5.41, 5.74) is 0.491. The van der Waals surface area contributed by atoms with Gasteiger partial charge in [0.2, 0.25) is 5.91 Å². The van der Waals surface area contributed by atoms with Gasteiger partial charge in [-0.2, -0.15) is 0 Å². The second-order valence-corrected chi connectivity index (χ2v) is 7.35. The summed E-state index contributed by atoms with van der Waals surface area (Å²) in [6.07, 6.45) is 4.90. The monoisotopic (exact) mass is 255 g/mol. The molecule has 1 aliphatic carbocycles. The Hall–Kier alpha value is -0.570. The van der Waals surface area contributed by atoms with Crippen LogP contribution in [-0.2, 0) is 4.79 Å². The van der Waals surface area contributed by atoms with Crippen LogP contribution in [0.5, 0.6) is 0 Å². The van der Waals surface area contributed by atoms with Crippen LogP contribution in [0.15, 0.2) is 0 Å². The fourth-order valence-electron chi connectivity index (χ4n) is 3.77. The first-order valence-corrected chi connectivity index (χ1v) is 7.07. The third-order valence-electron chi connectivity index (χ3n) is 4.02. The van der Waals surface area contributed by atoms with Crippen LogP contribution in [0.25, 0.3) is 0 Å². The molecular weight excluding hydrogens is 226 g/mol. The Bertz CT molecular complexity index is 299. The van der Waals surface area contributed by atoms with Crippen LogP contribution < -0.4 is 5.32 Å². The number of nitrogens with one attached hydrogen (secondary N) is 1. The number of aliphatic hydroxyl groups is 1. The second kappa shape index (κ2) is 5.60. The summed E-state index contributed by atoms with van der Waals surface area (Å²) in [5, 5.41) is 12.5. The first kappa shape index (κ1) is 15.5. The van der Waals surface area contributed by atoms with Gasteiger partial charge in [0, 0.05) is 13.0 Å². The standard InChI is InChI=1S/C15H29NO2/c1-11(17)6-7-15(5)9-13(16-12(2)18)8-14(3,4)10-15/h11,13,17H,6-10H2,1-5H3,(H,16,18)/t11-,13?,15?/m0/s1. The van der Waals surface area contributed by atoms with Gasteiger partial charge in [-0.25, -0.2) is 0 Å². The SMILES string of the molecule is CC(=O)NC1CC(C)(C)CC(C)(CC[C@H](C)O)C1. The summed E-state index contributed by atoms with van der Waals surface area (Å²) < 4.78 is 0. The lowest BCUT2D eigenvalue weighted by Gasteiger charge is -2.47. The molecule has 1 amide bonds. The van der Waals surface area contributed by atoms with E-state index in [1.807, 2.05) is 6.92 Å². The Morgan fingerprint density at radius 3 is 2.50 bits per heavy atom. The molecule has 3 nitrogen and oxygen atoms in total. The predicted octanol–water partition coefficient (Wildman–Crippen LogP) is 2.87. The largest absolute Gasteiger partial charge is 0.393 e. The molecule has 0 heterocycles. The average molecular weight is 255 g/mol. The maximum absolute atomic E-state index is 11.2. The summed E-state index contributed by atoms with van der Waals surface area (Å²) in [7, 11) is 0. The van der Waals surface area contributed by atoms with Crippen molar-refractivity contribution in [1.82, 2.24) is 5.32 Å². The second-order valence-electron chi connectivity index (χ2n) is 7.35. The Labute approximate surface area is 111 Å². The molecule has 1 fully saturated rings. The van der Waals surface area contributed by atoms with E-state index in [2.05, 4.69) is 26.1 Å². The maximum atomic E-state index is 11.2. The molecule has 0 aromatic rings. The van der Waals surface area contributed by atoms with Crippen molar-refractivity contribution in [2.75, 3.05) is 0 Å². The quantitative estimate of drug-likeness (QED) is 0.811. The Kier molecular flexibility index (Phi) is 4.82. The highest BCUT2D eigenvalue weighted by Gasteiger charge is 2.41. The van der Waals surface area contributed by atoms with Gasteiger partial charge < -0.3 is 10.4 Å². The van der Waals surface area contributed by atoms with Gasteiger partial charge in [0.25, 0.3) is 0 Å². The van der Waals surface area contributed by atoms with Gasteiger partial charge in [-0.1, -0.05) is 20.8 Å². The highest BCUT2D eigenvalue weighted by molar-refractivity contribution is 5.73. The molecule has 0 bridgehead atoms. The lowest BCUT2D eigenvalue weighted by molar-refractivity contribution is -0.120. The topological polar surface area (TPSA) is 49.3 Å². The van der Waals surface area contributed by atoms with Crippen molar-refractivity contribution in [2.24, 2.45) is 10.8 Å². The van der Waals surface area contributed by atoms with Gasteiger partial charge in [0.1, 0.15) is 0 Å². The Balaban J connectivity index is 2.69. The van der Waals surface area contributed by atoms with Crippen molar-refractivity contribution in [1.29, 1.82) is 0 Å². The van der Waals surface area contributed by atoms with Gasteiger partial charge in [0.05, 0.1) is 6.10 Å². The molecule has 0 spiro atoms. The Morgan fingerprint density at radius 1 is 1.39 bits per heavy atom. The molecule has 0 aromatic carbocycles. The minimum Gasteiger partial charge on any atom is -0.393 e. The van der Waals surface area contributed by atoms with Gasteiger partial charge in [-0.3, -0.25) is 4.79 Å². The van der Waals surface area contributed by atoms with Crippen molar-refractivity contribution in [3.05, 3.63) is 0 Å². The lowest BCUT2D eigenvalue weighted by Crippen LogP contribution is -2.46. The molecule has 0 radical (unpaired) electrons. The highest BCUT2D eigenvalue weighted by Crippen LogP contribution is 2.48. The zero-order valence-corrected chi connectivity index (χ0v) is 12.5. The van der Waals surface area contributed by atoms with Crippen molar-refractivity contribution in [3.63, 3.8) is 0 Å². The fraction of sp³-hybridized carbons (Fsp3) is 0.933. The summed E-state index contributed by atoms with van der Waals surface area (Å²) in [5.74, 6) is 0.0653. The molecule has 0 aromatic heterocycles. The van der Waals surface area contributed by atoms with Crippen molar-refractivity contribution in [2.45, 2.75) is 78.9 Å². The molecule has 0 aliphatic heterocycles. The summed E-state index contributed by atoms with van der Waals surface area (Å²) >= 11 is 0. The van der Waals surface area contributed by atoms with E-state index in [1.54, 1.807) is 6.92 Å². The van der Waals surface area contributed by atoms with Crippen LogP contribution in [0.4, 0.5) is 0 Å². The predicted molar refractivity (Wildman–Crippen MR) is 74.3 cm³/mol. The normalized spacial score (nSPS) is 32.9. The maximum Gasteiger partial charge on any atom is 0.217 e. The van der Waals surface area contributed by atoms with E-state index in [0.717, 1.165) is 25.7 Å². The zero-order valence-electron chi connectivity index (χ0n) is 12.5. The minimum absolute atomic E-state index is 0.0653. The van der Waals surface area contributed by atoms with Crippen molar-refractivity contribution in [3.8, 4) is 0 Å². The third-order valence-corrected chi connectivity index (χ3v) is 4.02. The Morgan fingerprint density at radius 2 is 2.00 bits per heavy atom. The van der Waals surface area contributed by atoms with Crippen LogP contribution >= 0.6 is 0 Å². The van der Waals surface area contributed by atoms with E-state index in [-0.39, 0.29) is 28.9 Å². The number of aliphatic hydroxyl groups excluding tert-OH is 1. The third kappa shape index (κ3) is 4.97. The van der Waals surface area contributed by atoms with Crippen molar-refractivity contribution >= 4 is 5.91 Å². The molecule has 2 unspecified atom stereocenters. The number of carbonyl (C=O) groups excluding carboxylic acids is 1. The lowest BCUT2D eigenvalue weighted by atomic mass is 9.61. The molecule has 1 saturated carbocycles. The molecule has 1 aliphatic rings. The minimum atomic E-state index is -0.230. The first-order chi connectivity index (χ1) is 8.12. The number of rotatable bonds is 4. The van der Waals surface area contributed by atoms with E-state index in [0.29, 0.717) is 0 Å². The molecule has 18 heavy (non-hydrogen) atoms. The molecular formula is C15H29NO2. The fourth-order valence-corrected chi connectivity index (χ4v) is 3.77. The number of hydrogen-bond donors (Lipinski definition) is 2. The van der Waals surface area contributed by atoms with Crippen LogP contribution in [-0.4, -0.2) is 23.2 Å². The summed E-state index contributed by atoms with van der Waals surface area (Å²) in [6.45, 7) is 10.3. The van der Waals surface area contributed by atoms with Gasteiger partial charge in [0.15, 0.2) is 0 Å². The van der Waals surface area contributed by atoms with Crippen molar-refractivity contribution < 1.29 is 9.90 Å². The molecule has 1 rings (SSSR count). The van der Waals surface area contributed by atoms with E-state index < -0.39 is 0 Å². The summed E-state index contributed by atoms with van der Waals surface area (Å²) in [6, 6.07) is 0.283. The van der Waals surface area contributed by atoms with Gasteiger partial charge >= 0.3 is 0 Å². The zero-order chi connectivity index (χ0) is 14.0. The molecule has 2 N–H and O–H groups in total. The van der Waals surface area contributed by atoms with Gasteiger partial charge in [-0.15, -0.1) is 0 Å². The van der Waals surface area contributed by atoms with E-state index in [9.17, 15) is 9.90 Å². The van der Waals surface area contributed by atoms with E-state index in [4.69, 9.17) is 0 Å².